The van der Waals surface area contributed by atoms with E-state index < -0.39 is 0 Å². The maximum Gasteiger partial charge on any atom is 0.183 e. The molecule has 0 radical (unpaired) electrons. The summed E-state index contributed by atoms with van der Waals surface area (Å²) >= 11 is 1.73. The molecule has 15 heavy (non-hydrogen) atoms. The number of nitrogens with zero attached hydrogens (tertiary/aromatic N) is 1. The summed E-state index contributed by atoms with van der Waals surface area (Å²) in [6.45, 7) is 8.22. The quantitative estimate of drug-likeness (QED) is 0.784. The van der Waals surface area contributed by atoms with E-state index in [0.717, 1.165) is 29.7 Å². The van der Waals surface area contributed by atoms with Crippen LogP contribution in [0, 0.1) is 12.8 Å². The molecule has 0 atom stereocenters. The molecule has 0 amide bonds. The van der Waals surface area contributed by atoms with Gasteiger partial charge in [0.05, 0.1) is 5.69 Å². The summed E-state index contributed by atoms with van der Waals surface area (Å²) < 4.78 is 0. The molecule has 0 fully saturated rings. The third-order valence-electron chi connectivity index (χ3n) is 2.26. The molecule has 1 rings (SSSR count). The lowest BCUT2D eigenvalue weighted by atomic mass is 10.1. The van der Waals surface area contributed by atoms with Crippen molar-refractivity contribution >= 4 is 16.5 Å². The van der Waals surface area contributed by atoms with E-state index >= 15 is 0 Å². The second kappa shape index (κ2) is 6.08. The van der Waals surface area contributed by atoms with Crippen LogP contribution >= 0.6 is 11.3 Å². The highest BCUT2D eigenvalue weighted by Gasteiger charge is 2.06. The van der Waals surface area contributed by atoms with Gasteiger partial charge in [-0.25, -0.2) is 4.98 Å². The highest BCUT2D eigenvalue weighted by atomic mass is 32.1. The van der Waals surface area contributed by atoms with Gasteiger partial charge in [0, 0.05) is 11.4 Å². The first-order valence-electron chi connectivity index (χ1n) is 5.53. The SMILES string of the molecule is Cc1nc(NCCC(C)C)sc1CCN. The summed E-state index contributed by atoms with van der Waals surface area (Å²) in [6.07, 6.45) is 2.13. The highest BCUT2D eigenvalue weighted by molar-refractivity contribution is 7.15. The number of aryl methyl sites for hydroxylation is 1. The first-order valence-corrected chi connectivity index (χ1v) is 6.35. The lowest BCUT2D eigenvalue weighted by Gasteiger charge is -2.04. The van der Waals surface area contributed by atoms with Crippen molar-refractivity contribution in [3.05, 3.63) is 10.6 Å². The van der Waals surface area contributed by atoms with E-state index in [1.54, 1.807) is 11.3 Å². The largest absolute Gasteiger partial charge is 0.361 e. The Balaban J connectivity index is 2.44. The smallest absolute Gasteiger partial charge is 0.183 e. The molecule has 0 spiro atoms. The van der Waals surface area contributed by atoms with E-state index in [9.17, 15) is 0 Å². The van der Waals surface area contributed by atoms with Crippen molar-refractivity contribution in [2.75, 3.05) is 18.4 Å². The average molecular weight is 227 g/mol. The fourth-order valence-corrected chi connectivity index (χ4v) is 2.34. The van der Waals surface area contributed by atoms with Gasteiger partial charge < -0.3 is 11.1 Å². The van der Waals surface area contributed by atoms with Crippen LogP contribution in [0.2, 0.25) is 0 Å². The van der Waals surface area contributed by atoms with Crippen LogP contribution in [0.3, 0.4) is 0 Å². The van der Waals surface area contributed by atoms with Gasteiger partial charge in [-0.05, 0) is 32.2 Å². The Morgan fingerprint density at radius 3 is 2.80 bits per heavy atom. The van der Waals surface area contributed by atoms with Gasteiger partial charge in [0.1, 0.15) is 0 Å². The fourth-order valence-electron chi connectivity index (χ4n) is 1.33. The van der Waals surface area contributed by atoms with E-state index in [2.05, 4.69) is 31.1 Å². The van der Waals surface area contributed by atoms with Crippen LogP contribution < -0.4 is 11.1 Å². The van der Waals surface area contributed by atoms with E-state index in [4.69, 9.17) is 5.73 Å². The van der Waals surface area contributed by atoms with E-state index in [1.165, 1.54) is 11.3 Å². The molecule has 0 aliphatic carbocycles. The van der Waals surface area contributed by atoms with E-state index in [-0.39, 0.29) is 0 Å². The molecule has 1 aromatic rings. The van der Waals surface area contributed by atoms with Crippen molar-refractivity contribution in [2.24, 2.45) is 11.7 Å². The van der Waals surface area contributed by atoms with Gasteiger partial charge >= 0.3 is 0 Å². The zero-order valence-corrected chi connectivity index (χ0v) is 10.7. The van der Waals surface area contributed by atoms with Crippen LogP contribution in [0.5, 0.6) is 0 Å². The lowest BCUT2D eigenvalue weighted by molar-refractivity contribution is 0.607. The summed E-state index contributed by atoms with van der Waals surface area (Å²) in [5, 5.41) is 4.40. The third-order valence-corrected chi connectivity index (χ3v) is 3.44. The molecule has 1 aromatic heterocycles. The van der Waals surface area contributed by atoms with Gasteiger partial charge in [0.15, 0.2) is 5.13 Å². The number of nitrogens with two attached hydrogens (primary N) is 1. The Labute approximate surface area is 96.1 Å². The Morgan fingerprint density at radius 1 is 1.47 bits per heavy atom. The number of rotatable bonds is 6. The summed E-state index contributed by atoms with van der Waals surface area (Å²) in [7, 11) is 0. The Kier molecular flexibility index (Phi) is 5.05. The van der Waals surface area contributed by atoms with Gasteiger partial charge in [-0.3, -0.25) is 0 Å². The molecule has 0 aliphatic rings. The average Bonchev–Trinajstić information content (AvgIpc) is 2.47. The number of hydrogen-bond acceptors (Lipinski definition) is 4. The minimum absolute atomic E-state index is 0.703. The maximum atomic E-state index is 5.54. The fraction of sp³-hybridized carbons (Fsp3) is 0.727. The molecular weight excluding hydrogens is 206 g/mol. The topological polar surface area (TPSA) is 50.9 Å². The predicted molar refractivity (Wildman–Crippen MR) is 67.6 cm³/mol. The lowest BCUT2D eigenvalue weighted by Crippen LogP contribution is -2.04. The number of hydrogen-bond donors (Lipinski definition) is 2. The van der Waals surface area contributed by atoms with Gasteiger partial charge in [-0.2, -0.15) is 0 Å². The van der Waals surface area contributed by atoms with Crippen LogP contribution in [0.4, 0.5) is 5.13 Å². The number of anilines is 1. The number of thiazole rings is 1. The molecule has 0 unspecified atom stereocenters. The van der Waals surface area contributed by atoms with Crippen LogP contribution in [0.15, 0.2) is 0 Å². The monoisotopic (exact) mass is 227 g/mol. The van der Waals surface area contributed by atoms with Gasteiger partial charge in [0.2, 0.25) is 0 Å². The minimum Gasteiger partial charge on any atom is -0.361 e. The summed E-state index contributed by atoms with van der Waals surface area (Å²) in [5.74, 6) is 0.738. The third kappa shape index (κ3) is 4.18. The molecule has 4 heteroatoms. The van der Waals surface area contributed by atoms with Crippen molar-refractivity contribution in [1.29, 1.82) is 0 Å². The van der Waals surface area contributed by atoms with Crippen molar-refractivity contribution in [1.82, 2.24) is 4.98 Å². The first-order chi connectivity index (χ1) is 7.13. The second-order valence-electron chi connectivity index (χ2n) is 4.18. The normalized spacial score (nSPS) is 11.0. The first kappa shape index (κ1) is 12.5. The van der Waals surface area contributed by atoms with Crippen LogP contribution in [-0.4, -0.2) is 18.1 Å². The van der Waals surface area contributed by atoms with Crippen LogP contribution in [-0.2, 0) is 6.42 Å². The van der Waals surface area contributed by atoms with Gasteiger partial charge in [0.25, 0.3) is 0 Å². The Bertz CT molecular complexity index is 294. The van der Waals surface area contributed by atoms with E-state index in [1.807, 2.05) is 0 Å². The zero-order valence-electron chi connectivity index (χ0n) is 9.84. The molecule has 86 valence electrons. The Morgan fingerprint density at radius 2 is 2.20 bits per heavy atom. The van der Waals surface area contributed by atoms with Crippen LogP contribution in [0.1, 0.15) is 30.8 Å². The summed E-state index contributed by atoms with van der Waals surface area (Å²) in [6, 6.07) is 0. The molecule has 0 aliphatic heterocycles. The molecule has 0 saturated heterocycles. The standard InChI is InChI=1S/C11H21N3S/c1-8(2)5-7-13-11-14-9(3)10(15-11)4-6-12/h8H,4-7,12H2,1-3H3,(H,13,14). The molecule has 0 aromatic carbocycles. The van der Waals surface area contributed by atoms with Crippen molar-refractivity contribution in [3.63, 3.8) is 0 Å². The zero-order chi connectivity index (χ0) is 11.3. The summed E-state index contributed by atoms with van der Waals surface area (Å²) in [5.41, 5.74) is 6.66. The Hall–Kier alpha value is -0.610. The molecule has 0 bridgehead atoms. The number of aromatic nitrogens is 1. The molecule has 3 N–H and O–H groups in total. The molecule has 3 nitrogen and oxygen atoms in total. The highest BCUT2D eigenvalue weighted by Crippen LogP contribution is 2.22. The molecular formula is C11H21N3S. The molecule has 1 heterocycles. The molecule has 0 saturated carbocycles. The van der Waals surface area contributed by atoms with Gasteiger partial charge in [-0.1, -0.05) is 13.8 Å². The van der Waals surface area contributed by atoms with Crippen molar-refractivity contribution in [3.8, 4) is 0 Å². The predicted octanol–water partition coefficient (Wildman–Crippen LogP) is 2.41. The van der Waals surface area contributed by atoms with Crippen molar-refractivity contribution < 1.29 is 0 Å². The number of nitrogens with one attached hydrogen (secondary N) is 1. The minimum atomic E-state index is 0.703. The second-order valence-corrected chi connectivity index (χ2v) is 5.26. The summed E-state index contributed by atoms with van der Waals surface area (Å²) in [4.78, 5) is 5.79. The maximum absolute atomic E-state index is 5.54. The van der Waals surface area contributed by atoms with Gasteiger partial charge in [-0.15, -0.1) is 11.3 Å². The van der Waals surface area contributed by atoms with Crippen LogP contribution in [0.25, 0.3) is 0 Å². The van der Waals surface area contributed by atoms with E-state index in [0.29, 0.717) is 6.54 Å². The van der Waals surface area contributed by atoms with Crippen molar-refractivity contribution in [2.45, 2.75) is 33.6 Å².